The van der Waals surface area contributed by atoms with E-state index in [9.17, 15) is 29.1 Å². The molecule has 2 aromatic rings. The minimum Gasteiger partial charge on any atom is -0.475 e. The van der Waals surface area contributed by atoms with Crippen molar-refractivity contribution >= 4 is 35.4 Å². The molecule has 10 nitrogen and oxygen atoms in total. The Morgan fingerprint density at radius 3 is 2.16 bits per heavy atom. The van der Waals surface area contributed by atoms with E-state index < -0.39 is 48.3 Å². The van der Waals surface area contributed by atoms with Gasteiger partial charge in [0.1, 0.15) is 18.6 Å². The lowest BCUT2D eigenvalue weighted by atomic mass is 9.97. The number of hydrogen-bond acceptors (Lipinski definition) is 6. The van der Waals surface area contributed by atoms with Gasteiger partial charge in [-0.3, -0.25) is 24.2 Å². The Kier molecular flexibility index (Phi) is 9.37. The second-order valence-electron chi connectivity index (χ2n) is 9.08. The number of benzene rings is 2. The molecule has 200 valence electrons. The number of Topliss-reactive ketones (excluding diaryl/α,β-unsaturated/α-hetero) is 1. The van der Waals surface area contributed by atoms with E-state index in [0.717, 1.165) is 0 Å². The number of hydrogen-bond donors (Lipinski definition) is 2. The number of rotatable bonds is 10. The minimum absolute atomic E-state index is 0.0295. The van der Waals surface area contributed by atoms with E-state index in [-0.39, 0.29) is 18.9 Å². The Labute approximate surface area is 220 Å². The van der Waals surface area contributed by atoms with Gasteiger partial charge in [-0.2, -0.15) is 0 Å². The predicted octanol–water partition coefficient (Wildman–Crippen LogP) is 2.69. The minimum atomic E-state index is -1.67. The van der Waals surface area contributed by atoms with Crippen molar-refractivity contribution in [2.75, 3.05) is 13.2 Å². The Bertz CT molecular complexity index is 1210. The second-order valence-corrected chi connectivity index (χ2v) is 9.08. The standard InChI is InChI=1S/C28H31N3O7/c1-4-38-28(37)31-16-22(20-13-9-6-10-14-20)30(26(34)24(31)18(2)3)17-23(32)29-21(25(33)27(35)36)15-19-11-7-5-8-12-19/h5-14,16,18,21,24H,4,15,17H2,1-3H3,(H,29,32)(H,35,36)/t21-,24-/m0/s1. The van der Waals surface area contributed by atoms with Crippen LogP contribution in [0.3, 0.4) is 0 Å². The number of nitrogens with one attached hydrogen (secondary N) is 1. The van der Waals surface area contributed by atoms with Gasteiger partial charge in [0.2, 0.25) is 5.91 Å². The number of aliphatic carboxylic acids is 1. The van der Waals surface area contributed by atoms with Gasteiger partial charge in [0.15, 0.2) is 0 Å². The van der Waals surface area contributed by atoms with Crippen molar-refractivity contribution < 1.29 is 33.8 Å². The van der Waals surface area contributed by atoms with Crippen molar-refractivity contribution in [3.05, 3.63) is 78.0 Å². The Morgan fingerprint density at radius 2 is 1.61 bits per heavy atom. The van der Waals surface area contributed by atoms with Crippen LogP contribution in [0.5, 0.6) is 0 Å². The van der Waals surface area contributed by atoms with Crippen molar-refractivity contribution in [2.45, 2.75) is 39.3 Å². The summed E-state index contributed by atoms with van der Waals surface area (Å²) < 4.78 is 5.17. The highest BCUT2D eigenvalue weighted by molar-refractivity contribution is 6.35. The highest BCUT2D eigenvalue weighted by Crippen LogP contribution is 2.30. The first-order chi connectivity index (χ1) is 18.1. The third-order valence-electron chi connectivity index (χ3n) is 6.00. The molecule has 3 amide bonds. The summed E-state index contributed by atoms with van der Waals surface area (Å²) in [5, 5.41) is 11.8. The first-order valence-corrected chi connectivity index (χ1v) is 12.3. The molecule has 0 aromatic heterocycles. The molecule has 1 aliphatic rings. The summed E-state index contributed by atoms with van der Waals surface area (Å²) in [6.45, 7) is 4.84. The fourth-order valence-corrected chi connectivity index (χ4v) is 4.24. The third kappa shape index (κ3) is 6.64. The number of carbonyl (C=O) groups excluding carboxylic acids is 4. The summed E-state index contributed by atoms with van der Waals surface area (Å²) in [5.74, 6) is -4.38. The fraction of sp³-hybridized carbons (Fsp3) is 0.321. The molecule has 0 bridgehead atoms. The molecular weight excluding hydrogens is 490 g/mol. The van der Waals surface area contributed by atoms with Crippen LogP contribution in [0.4, 0.5) is 4.79 Å². The third-order valence-corrected chi connectivity index (χ3v) is 6.00. The molecule has 2 N–H and O–H groups in total. The lowest BCUT2D eigenvalue weighted by Gasteiger charge is -2.40. The summed E-state index contributed by atoms with van der Waals surface area (Å²) in [4.78, 5) is 65.9. The maximum Gasteiger partial charge on any atom is 0.414 e. The topological polar surface area (TPSA) is 133 Å². The maximum absolute atomic E-state index is 13.7. The van der Waals surface area contributed by atoms with Crippen LogP contribution in [0.15, 0.2) is 66.9 Å². The molecule has 38 heavy (non-hydrogen) atoms. The highest BCUT2D eigenvalue weighted by atomic mass is 16.6. The van der Waals surface area contributed by atoms with Crippen LogP contribution in [0.1, 0.15) is 31.9 Å². The average molecular weight is 522 g/mol. The summed E-state index contributed by atoms with van der Waals surface area (Å²) in [5.41, 5.74) is 1.53. The molecule has 2 atom stereocenters. The Balaban J connectivity index is 1.94. The van der Waals surface area contributed by atoms with E-state index in [0.29, 0.717) is 16.8 Å². The van der Waals surface area contributed by atoms with E-state index in [2.05, 4.69) is 5.32 Å². The lowest BCUT2D eigenvalue weighted by molar-refractivity contribution is -0.150. The lowest BCUT2D eigenvalue weighted by Crippen LogP contribution is -2.57. The van der Waals surface area contributed by atoms with Gasteiger partial charge in [-0.25, -0.2) is 9.59 Å². The summed E-state index contributed by atoms with van der Waals surface area (Å²) >= 11 is 0. The van der Waals surface area contributed by atoms with Crippen LogP contribution >= 0.6 is 0 Å². The SMILES string of the molecule is CCOC(=O)N1C=C(c2ccccc2)N(CC(=O)N[C@@H](Cc2ccccc2)C(=O)C(=O)O)C(=O)[C@@H]1C(C)C. The van der Waals surface area contributed by atoms with Crippen LogP contribution in [-0.2, 0) is 30.3 Å². The van der Waals surface area contributed by atoms with E-state index in [1.807, 2.05) is 0 Å². The highest BCUT2D eigenvalue weighted by Gasteiger charge is 2.42. The zero-order chi connectivity index (χ0) is 27.8. The fourth-order valence-electron chi connectivity index (χ4n) is 4.24. The van der Waals surface area contributed by atoms with Gasteiger partial charge >= 0.3 is 12.1 Å². The molecule has 0 aliphatic carbocycles. The largest absolute Gasteiger partial charge is 0.475 e. The monoisotopic (exact) mass is 521 g/mol. The Hall–Kier alpha value is -4.47. The van der Waals surface area contributed by atoms with E-state index in [1.54, 1.807) is 81.4 Å². The molecule has 0 spiro atoms. The van der Waals surface area contributed by atoms with Gasteiger partial charge in [0, 0.05) is 12.6 Å². The van der Waals surface area contributed by atoms with E-state index >= 15 is 0 Å². The van der Waals surface area contributed by atoms with Crippen LogP contribution in [-0.4, -0.2) is 69.8 Å². The van der Waals surface area contributed by atoms with Gasteiger partial charge < -0.3 is 15.2 Å². The molecule has 1 aliphatic heterocycles. The number of nitrogens with zero attached hydrogens (tertiary/aromatic N) is 2. The molecular formula is C28H31N3O7. The molecule has 2 aromatic carbocycles. The van der Waals surface area contributed by atoms with Crippen molar-refractivity contribution in [1.29, 1.82) is 0 Å². The molecule has 0 radical (unpaired) electrons. The van der Waals surface area contributed by atoms with Gasteiger partial charge in [-0.05, 0) is 24.0 Å². The van der Waals surface area contributed by atoms with Gasteiger partial charge in [0.25, 0.3) is 11.7 Å². The first kappa shape index (κ1) is 28.1. The molecule has 10 heteroatoms. The second kappa shape index (κ2) is 12.7. The van der Waals surface area contributed by atoms with Crippen LogP contribution in [0.25, 0.3) is 5.70 Å². The first-order valence-electron chi connectivity index (χ1n) is 12.3. The maximum atomic E-state index is 13.7. The van der Waals surface area contributed by atoms with E-state index in [1.165, 1.54) is 16.0 Å². The molecule has 1 heterocycles. The molecule has 0 fully saturated rings. The number of carboxylic acid groups (broad SMARTS) is 1. The summed E-state index contributed by atoms with van der Waals surface area (Å²) in [6, 6.07) is 15.2. The number of carbonyl (C=O) groups is 5. The molecule has 0 unspecified atom stereocenters. The zero-order valence-electron chi connectivity index (χ0n) is 21.5. The van der Waals surface area contributed by atoms with Crippen molar-refractivity contribution in [1.82, 2.24) is 15.1 Å². The van der Waals surface area contributed by atoms with Gasteiger partial charge in [-0.15, -0.1) is 0 Å². The molecule has 0 saturated heterocycles. The van der Waals surface area contributed by atoms with Gasteiger partial charge in [0.05, 0.1) is 12.3 Å². The quantitative estimate of drug-likeness (QED) is 0.459. The zero-order valence-corrected chi connectivity index (χ0v) is 21.5. The predicted molar refractivity (Wildman–Crippen MR) is 138 cm³/mol. The molecule has 0 saturated carbocycles. The van der Waals surface area contributed by atoms with E-state index in [4.69, 9.17) is 4.74 Å². The van der Waals surface area contributed by atoms with Gasteiger partial charge in [-0.1, -0.05) is 74.5 Å². The average Bonchev–Trinajstić information content (AvgIpc) is 2.89. The normalized spacial score (nSPS) is 16.1. The van der Waals surface area contributed by atoms with Crippen LogP contribution in [0, 0.1) is 5.92 Å². The van der Waals surface area contributed by atoms with Crippen molar-refractivity contribution in [3.8, 4) is 0 Å². The number of ketones is 1. The molecule has 3 rings (SSSR count). The summed E-state index contributed by atoms with van der Waals surface area (Å²) in [6.07, 6.45) is 0.765. The van der Waals surface area contributed by atoms with Crippen LogP contribution < -0.4 is 5.32 Å². The number of ether oxygens (including phenoxy) is 1. The van der Waals surface area contributed by atoms with Crippen molar-refractivity contribution in [2.24, 2.45) is 5.92 Å². The number of carboxylic acids is 1. The smallest absolute Gasteiger partial charge is 0.414 e. The van der Waals surface area contributed by atoms with Crippen LogP contribution in [0.2, 0.25) is 0 Å². The summed E-state index contributed by atoms with van der Waals surface area (Å²) in [7, 11) is 0. The van der Waals surface area contributed by atoms with Crippen molar-refractivity contribution in [3.63, 3.8) is 0 Å². The number of amides is 3. The Morgan fingerprint density at radius 1 is 1.00 bits per heavy atom.